The molecular weight excluding hydrogens is 326 g/mol. The fourth-order valence-corrected chi connectivity index (χ4v) is 2.90. The van der Waals surface area contributed by atoms with Gasteiger partial charge in [-0.25, -0.2) is 4.98 Å². The Morgan fingerprint density at radius 2 is 1.88 bits per heavy atom. The van der Waals surface area contributed by atoms with E-state index in [4.69, 9.17) is 10.1 Å². The molecule has 6 nitrogen and oxygen atoms in total. The molecule has 1 aliphatic heterocycles. The lowest BCUT2D eigenvalue weighted by Gasteiger charge is -2.35. The van der Waals surface area contributed by atoms with Crippen LogP contribution in [0.25, 0.3) is 5.70 Å². The van der Waals surface area contributed by atoms with Crippen LogP contribution in [0.4, 0.5) is 5.82 Å². The number of hydroxylamine groups is 1. The second kappa shape index (κ2) is 9.56. The van der Waals surface area contributed by atoms with Crippen LogP contribution in [0.2, 0.25) is 0 Å². The maximum absolute atomic E-state index is 8.65. The number of anilines is 1. The van der Waals surface area contributed by atoms with Gasteiger partial charge in [-0.05, 0) is 23.8 Å². The predicted molar refractivity (Wildman–Crippen MR) is 102 cm³/mol. The Kier molecular flexibility index (Phi) is 6.59. The van der Waals surface area contributed by atoms with Gasteiger partial charge in [-0.2, -0.15) is 5.26 Å². The topological polar surface area (TPSA) is 64.4 Å². The third-order valence-electron chi connectivity index (χ3n) is 4.30. The van der Waals surface area contributed by atoms with E-state index in [1.54, 1.807) is 0 Å². The molecule has 134 valence electrons. The number of piperazine rings is 1. The number of hydrogen-bond acceptors (Lipinski definition) is 6. The third-order valence-corrected chi connectivity index (χ3v) is 4.30. The summed E-state index contributed by atoms with van der Waals surface area (Å²) in [4.78, 5) is 14.3. The summed E-state index contributed by atoms with van der Waals surface area (Å²) < 4.78 is 0. The molecular formula is C20H23N5O. The highest BCUT2D eigenvalue weighted by molar-refractivity contribution is 5.63. The normalized spacial score (nSPS) is 15.5. The summed E-state index contributed by atoms with van der Waals surface area (Å²) in [5.74, 6) is 1.04. The molecule has 0 bridgehead atoms. The minimum absolute atomic E-state index is 0.00687. The molecule has 0 unspecified atom stereocenters. The third kappa shape index (κ3) is 5.06. The molecule has 1 saturated heterocycles. The molecule has 1 aromatic heterocycles. The lowest BCUT2D eigenvalue weighted by Crippen LogP contribution is -2.46. The minimum Gasteiger partial charge on any atom is -0.354 e. The summed E-state index contributed by atoms with van der Waals surface area (Å²) in [6.07, 6.45) is 3.95. The van der Waals surface area contributed by atoms with Gasteiger partial charge >= 0.3 is 0 Å². The van der Waals surface area contributed by atoms with Crippen molar-refractivity contribution in [1.82, 2.24) is 15.4 Å². The van der Waals surface area contributed by atoms with Gasteiger partial charge in [0, 0.05) is 38.9 Å². The van der Waals surface area contributed by atoms with Gasteiger partial charge in [0.25, 0.3) is 0 Å². The van der Waals surface area contributed by atoms with E-state index >= 15 is 0 Å². The molecule has 0 radical (unpaired) electrons. The zero-order valence-electron chi connectivity index (χ0n) is 14.7. The summed E-state index contributed by atoms with van der Waals surface area (Å²) in [5, 5.41) is 8.65. The number of pyridine rings is 1. The molecule has 3 rings (SSSR count). The number of rotatable bonds is 7. The molecule has 0 spiro atoms. The van der Waals surface area contributed by atoms with E-state index in [2.05, 4.69) is 32.4 Å². The SMILES string of the molecule is N#CCONC(=CCN1CCN(c2ccccn2)CC1)c1ccccc1. The number of benzene rings is 1. The first-order chi connectivity index (χ1) is 12.9. The Bertz CT molecular complexity index is 734. The summed E-state index contributed by atoms with van der Waals surface area (Å²) in [7, 11) is 0. The summed E-state index contributed by atoms with van der Waals surface area (Å²) in [5.41, 5.74) is 4.82. The average Bonchev–Trinajstić information content (AvgIpc) is 2.72. The summed E-state index contributed by atoms with van der Waals surface area (Å²) >= 11 is 0. The van der Waals surface area contributed by atoms with Crippen LogP contribution in [0, 0.1) is 11.3 Å². The van der Waals surface area contributed by atoms with Crippen molar-refractivity contribution < 1.29 is 4.84 Å². The van der Waals surface area contributed by atoms with Gasteiger partial charge in [-0.1, -0.05) is 36.4 Å². The van der Waals surface area contributed by atoms with Crippen LogP contribution in [-0.4, -0.2) is 49.2 Å². The Morgan fingerprint density at radius 1 is 1.12 bits per heavy atom. The average molecular weight is 349 g/mol. The Balaban J connectivity index is 1.57. The Hall–Kier alpha value is -2.88. The van der Waals surface area contributed by atoms with Crippen LogP contribution in [0.3, 0.4) is 0 Å². The van der Waals surface area contributed by atoms with Crippen molar-refractivity contribution in [3.05, 3.63) is 66.4 Å². The van der Waals surface area contributed by atoms with E-state index in [0.717, 1.165) is 49.8 Å². The number of nitrogens with one attached hydrogen (secondary N) is 1. The second-order valence-corrected chi connectivity index (χ2v) is 6.01. The van der Waals surface area contributed by atoms with E-state index in [1.807, 2.05) is 54.7 Å². The van der Waals surface area contributed by atoms with E-state index in [-0.39, 0.29) is 6.61 Å². The molecule has 1 N–H and O–H groups in total. The fraction of sp³-hybridized carbons (Fsp3) is 0.300. The Morgan fingerprint density at radius 3 is 2.58 bits per heavy atom. The maximum Gasteiger partial charge on any atom is 0.161 e. The zero-order chi connectivity index (χ0) is 18.0. The van der Waals surface area contributed by atoms with Gasteiger partial charge in [0.2, 0.25) is 0 Å². The molecule has 0 aliphatic carbocycles. The summed E-state index contributed by atoms with van der Waals surface area (Å²) in [6.45, 7) is 4.71. The van der Waals surface area contributed by atoms with Crippen molar-refractivity contribution in [2.75, 3.05) is 44.2 Å². The van der Waals surface area contributed by atoms with Gasteiger partial charge in [-0.3, -0.25) is 15.2 Å². The van der Waals surface area contributed by atoms with Gasteiger partial charge in [0.05, 0.1) is 11.8 Å². The van der Waals surface area contributed by atoms with E-state index in [0.29, 0.717) is 0 Å². The smallest absolute Gasteiger partial charge is 0.161 e. The van der Waals surface area contributed by atoms with Gasteiger partial charge < -0.3 is 4.90 Å². The highest BCUT2D eigenvalue weighted by Gasteiger charge is 2.17. The van der Waals surface area contributed by atoms with Crippen molar-refractivity contribution in [2.45, 2.75) is 0 Å². The molecule has 0 amide bonds. The monoisotopic (exact) mass is 349 g/mol. The lowest BCUT2D eigenvalue weighted by molar-refractivity contribution is 0.106. The molecule has 0 saturated carbocycles. The lowest BCUT2D eigenvalue weighted by atomic mass is 10.1. The van der Waals surface area contributed by atoms with Crippen LogP contribution < -0.4 is 10.4 Å². The van der Waals surface area contributed by atoms with Crippen molar-refractivity contribution in [2.24, 2.45) is 0 Å². The first kappa shape index (κ1) is 17.9. The number of nitriles is 1. The highest BCUT2D eigenvalue weighted by atomic mass is 16.6. The Labute approximate surface area is 154 Å². The van der Waals surface area contributed by atoms with Gasteiger partial charge in [0.15, 0.2) is 6.61 Å². The molecule has 2 aromatic rings. The maximum atomic E-state index is 8.65. The van der Waals surface area contributed by atoms with Crippen molar-refractivity contribution in [3.63, 3.8) is 0 Å². The minimum atomic E-state index is 0.00687. The first-order valence-electron chi connectivity index (χ1n) is 8.75. The molecule has 1 fully saturated rings. The van der Waals surface area contributed by atoms with Crippen molar-refractivity contribution in [1.29, 1.82) is 5.26 Å². The van der Waals surface area contributed by atoms with E-state index in [1.165, 1.54) is 0 Å². The number of hydrogen-bond donors (Lipinski definition) is 1. The van der Waals surface area contributed by atoms with Crippen LogP contribution in [-0.2, 0) is 4.84 Å². The zero-order valence-corrected chi connectivity index (χ0v) is 14.7. The molecule has 0 atom stereocenters. The quantitative estimate of drug-likeness (QED) is 0.611. The largest absolute Gasteiger partial charge is 0.354 e. The molecule has 1 aromatic carbocycles. The van der Waals surface area contributed by atoms with Crippen LogP contribution in [0.15, 0.2) is 60.8 Å². The standard InChI is InChI=1S/C20H23N5O/c21-10-17-26-23-19(18-6-2-1-3-7-18)9-12-24-13-15-25(16-14-24)20-8-4-5-11-22-20/h1-9,11,23H,12-17H2. The number of nitrogens with zero attached hydrogens (tertiary/aromatic N) is 4. The highest BCUT2D eigenvalue weighted by Crippen LogP contribution is 2.14. The van der Waals surface area contributed by atoms with Crippen LogP contribution in [0.5, 0.6) is 0 Å². The second-order valence-electron chi connectivity index (χ2n) is 6.01. The van der Waals surface area contributed by atoms with Crippen molar-refractivity contribution in [3.8, 4) is 6.07 Å². The number of aromatic nitrogens is 1. The predicted octanol–water partition coefficient (Wildman–Crippen LogP) is 2.29. The van der Waals surface area contributed by atoms with Crippen molar-refractivity contribution >= 4 is 11.5 Å². The first-order valence-corrected chi connectivity index (χ1v) is 8.75. The van der Waals surface area contributed by atoms with E-state index in [9.17, 15) is 0 Å². The summed E-state index contributed by atoms with van der Waals surface area (Å²) in [6, 6.07) is 18.0. The van der Waals surface area contributed by atoms with Crippen LogP contribution >= 0.6 is 0 Å². The van der Waals surface area contributed by atoms with Gasteiger partial charge in [0.1, 0.15) is 5.82 Å². The van der Waals surface area contributed by atoms with Gasteiger partial charge in [-0.15, -0.1) is 0 Å². The fourth-order valence-electron chi connectivity index (χ4n) is 2.90. The molecule has 26 heavy (non-hydrogen) atoms. The van der Waals surface area contributed by atoms with Crippen LogP contribution in [0.1, 0.15) is 5.56 Å². The van der Waals surface area contributed by atoms with E-state index < -0.39 is 0 Å². The molecule has 2 heterocycles. The molecule has 6 heteroatoms. The molecule has 1 aliphatic rings.